The van der Waals surface area contributed by atoms with Crippen molar-refractivity contribution in [3.05, 3.63) is 47.2 Å². The maximum Gasteiger partial charge on any atom is 0.264 e. The Bertz CT molecular complexity index is 717. The summed E-state index contributed by atoms with van der Waals surface area (Å²) in [5.74, 6) is 0.0693. The van der Waals surface area contributed by atoms with E-state index in [0.717, 1.165) is 0 Å². The van der Waals surface area contributed by atoms with E-state index in [-0.39, 0.29) is 15.8 Å². The highest BCUT2D eigenvalue weighted by Gasteiger charge is 2.19. The molecule has 2 N–H and O–H groups in total. The number of aromatic nitrogens is 1. The molecule has 5 nitrogen and oxygen atoms in total. The SMILES string of the molecule is Cc1cc(O)ccc1NS(=O)(=O)c1cccnc1Cl. The molecule has 0 aliphatic heterocycles. The number of benzene rings is 1. The van der Waals surface area contributed by atoms with E-state index in [1.165, 1.54) is 36.5 Å². The first-order valence-electron chi connectivity index (χ1n) is 5.33. The summed E-state index contributed by atoms with van der Waals surface area (Å²) in [7, 11) is -3.81. The summed E-state index contributed by atoms with van der Waals surface area (Å²) < 4.78 is 26.7. The van der Waals surface area contributed by atoms with Gasteiger partial charge in [-0.2, -0.15) is 0 Å². The first kappa shape index (κ1) is 13.6. The highest BCUT2D eigenvalue weighted by molar-refractivity contribution is 7.92. The zero-order chi connectivity index (χ0) is 14.0. The van der Waals surface area contributed by atoms with Gasteiger partial charge in [0.2, 0.25) is 0 Å². The number of hydrogen-bond acceptors (Lipinski definition) is 4. The van der Waals surface area contributed by atoms with E-state index in [1.807, 2.05) is 0 Å². The second kappa shape index (κ2) is 5.07. The van der Waals surface area contributed by atoms with Crippen LogP contribution in [-0.4, -0.2) is 18.5 Å². The molecule has 0 spiro atoms. The van der Waals surface area contributed by atoms with Crippen LogP contribution in [-0.2, 0) is 10.0 Å². The Morgan fingerprint density at radius 1 is 1.32 bits per heavy atom. The molecule has 0 fully saturated rings. The van der Waals surface area contributed by atoms with Gasteiger partial charge in [0, 0.05) is 6.20 Å². The summed E-state index contributed by atoms with van der Waals surface area (Å²) in [5, 5.41) is 9.20. The first-order valence-corrected chi connectivity index (χ1v) is 7.19. The van der Waals surface area contributed by atoms with Gasteiger partial charge in [-0.15, -0.1) is 0 Å². The van der Waals surface area contributed by atoms with Crippen LogP contribution in [0.4, 0.5) is 5.69 Å². The molecule has 7 heteroatoms. The van der Waals surface area contributed by atoms with Gasteiger partial charge >= 0.3 is 0 Å². The number of halogens is 1. The van der Waals surface area contributed by atoms with Crippen molar-refractivity contribution in [1.82, 2.24) is 4.98 Å². The molecule has 1 aromatic carbocycles. The highest BCUT2D eigenvalue weighted by Crippen LogP contribution is 2.25. The van der Waals surface area contributed by atoms with Crippen LogP contribution in [0.15, 0.2) is 41.4 Å². The number of phenols is 1. The Labute approximate surface area is 115 Å². The topological polar surface area (TPSA) is 79.3 Å². The monoisotopic (exact) mass is 298 g/mol. The van der Waals surface area contributed by atoms with Crippen molar-refractivity contribution in [1.29, 1.82) is 0 Å². The minimum absolute atomic E-state index is 0.0693. The minimum atomic E-state index is -3.81. The molecule has 0 radical (unpaired) electrons. The molecule has 0 atom stereocenters. The number of rotatable bonds is 3. The zero-order valence-corrected chi connectivity index (χ0v) is 11.5. The maximum absolute atomic E-state index is 12.2. The van der Waals surface area contributed by atoms with Crippen LogP contribution in [0, 0.1) is 6.92 Å². The molecule has 0 saturated carbocycles. The van der Waals surface area contributed by atoms with E-state index >= 15 is 0 Å². The van der Waals surface area contributed by atoms with Gasteiger partial charge in [0.15, 0.2) is 0 Å². The van der Waals surface area contributed by atoms with Crippen LogP contribution in [0.25, 0.3) is 0 Å². The normalized spacial score (nSPS) is 11.3. The average molecular weight is 299 g/mol. The molecule has 100 valence electrons. The molecule has 2 rings (SSSR count). The fourth-order valence-corrected chi connectivity index (χ4v) is 3.12. The quantitative estimate of drug-likeness (QED) is 0.674. The molecule has 1 aromatic heterocycles. The first-order chi connectivity index (χ1) is 8.90. The zero-order valence-electron chi connectivity index (χ0n) is 9.96. The number of phenolic OH excluding ortho intramolecular Hbond substituents is 1. The summed E-state index contributed by atoms with van der Waals surface area (Å²) >= 11 is 5.77. The van der Waals surface area contributed by atoms with E-state index in [1.54, 1.807) is 6.92 Å². The lowest BCUT2D eigenvalue weighted by Crippen LogP contribution is -2.14. The number of aromatic hydroxyl groups is 1. The highest BCUT2D eigenvalue weighted by atomic mass is 35.5. The molecule has 2 aromatic rings. The molecular weight excluding hydrogens is 288 g/mol. The van der Waals surface area contributed by atoms with Crippen LogP contribution in [0.3, 0.4) is 0 Å². The van der Waals surface area contributed by atoms with E-state index in [9.17, 15) is 13.5 Å². The van der Waals surface area contributed by atoms with Gasteiger partial charge in [0.25, 0.3) is 10.0 Å². The van der Waals surface area contributed by atoms with Crippen molar-refractivity contribution in [3.63, 3.8) is 0 Å². The summed E-state index contributed by atoms with van der Waals surface area (Å²) in [6.07, 6.45) is 1.41. The Morgan fingerprint density at radius 3 is 2.68 bits per heavy atom. The average Bonchev–Trinajstić information content (AvgIpc) is 2.33. The predicted molar refractivity (Wildman–Crippen MR) is 72.9 cm³/mol. The van der Waals surface area contributed by atoms with Gasteiger partial charge in [0.1, 0.15) is 15.8 Å². The largest absolute Gasteiger partial charge is 0.508 e. The van der Waals surface area contributed by atoms with Crippen LogP contribution in [0.2, 0.25) is 5.15 Å². The Kier molecular flexibility index (Phi) is 3.64. The van der Waals surface area contributed by atoms with Crippen LogP contribution >= 0.6 is 11.6 Å². The standard InChI is InChI=1S/C12H11ClN2O3S/c1-8-7-9(16)4-5-10(8)15-19(17,18)11-3-2-6-14-12(11)13/h2-7,15-16H,1H3. The summed E-state index contributed by atoms with van der Waals surface area (Å²) in [6.45, 7) is 1.68. The maximum atomic E-state index is 12.2. The summed E-state index contributed by atoms with van der Waals surface area (Å²) in [6, 6.07) is 7.20. The van der Waals surface area contributed by atoms with Crippen molar-refractivity contribution < 1.29 is 13.5 Å². The number of hydrogen-bond donors (Lipinski definition) is 2. The minimum Gasteiger partial charge on any atom is -0.508 e. The van der Waals surface area contributed by atoms with E-state index < -0.39 is 10.0 Å². The Balaban J connectivity index is 2.40. The molecule has 0 saturated heterocycles. The van der Waals surface area contributed by atoms with Crippen molar-refractivity contribution >= 4 is 27.3 Å². The van der Waals surface area contributed by atoms with E-state index in [4.69, 9.17) is 11.6 Å². The van der Waals surface area contributed by atoms with E-state index in [2.05, 4.69) is 9.71 Å². The molecule has 1 heterocycles. The molecular formula is C12H11ClN2O3S. The number of nitrogens with zero attached hydrogens (tertiary/aromatic N) is 1. The van der Waals surface area contributed by atoms with E-state index in [0.29, 0.717) is 11.3 Å². The third kappa shape index (κ3) is 2.97. The number of pyridine rings is 1. The van der Waals surface area contributed by atoms with Crippen molar-refractivity contribution in [2.24, 2.45) is 0 Å². The molecule has 19 heavy (non-hydrogen) atoms. The predicted octanol–water partition coefficient (Wildman–Crippen LogP) is 2.55. The second-order valence-corrected chi connectivity index (χ2v) is 5.91. The van der Waals surface area contributed by atoms with Gasteiger partial charge in [-0.3, -0.25) is 4.72 Å². The van der Waals surface area contributed by atoms with Gasteiger partial charge < -0.3 is 5.11 Å². The third-order valence-corrected chi connectivity index (χ3v) is 4.28. The molecule has 0 amide bonds. The van der Waals surface area contributed by atoms with Gasteiger partial charge in [-0.1, -0.05) is 11.6 Å². The van der Waals surface area contributed by atoms with Gasteiger partial charge in [0.05, 0.1) is 5.69 Å². The Morgan fingerprint density at radius 2 is 2.05 bits per heavy atom. The lowest BCUT2D eigenvalue weighted by atomic mass is 10.2. The van der Waals surface area contributed by atoms with Crippen molar-refractivity contribution in [3.8, 4) is 5.75 Å². The molecule has 0 aliphatic rings. The van der Waals surface area contributed by atoms with Crippen molar-refractivity contribution in [2.75, 3.05) is 4.72 Å². The third-order valence-electron chi connectivity index (χ3n) is 2.47. The summed E-state index contributed by atoms with van der Waals surface area (Å²) in [4.78, 5) is 3.64. The van der Waals surface area contributed by atoms with Gasteiger partial charge in [-0.25, -0.2) is 13.4 Å². The van der Waals surface area contributed by atoms with Crippen molar-refractivity contribution in [2.45, 2.75) is 11.8 Å². The lowest BCUT2D eigenvalue weighted by Gasteiger charge is -2.11. The number of sulfonamides is 1. The molecule has 0 bridgehead atoms. The fraction of sp³-hybridized carbons (Fsp3) is 0.0833. The lowest BCUT2D eigenvalue weighted by molar-refractivity contribution is 0.475. The second-order valence-electron chi connectivity index (χ2n) is 3.90. The Hall–Kier alpha value is -1.79. The van der Waals surface area contributed by atoms with Gasteiger partial charge in [-0.05, 0) is 42.8 Å². The van der Waals surface area contributed by atoms with Crippen LogP contribution in [0.1, 0.15) is 5.56 Å². The molecule has 0 unspecified atom stereocenters. The summed E-state index contributed by atoms with van der Waals surface area (Å²) in [5.41, 5.74) is 0.973. The van der Waals surface area contributed by atoms with Crippen LogP contribution < -0.4 is 4.72 Å². The molecule has 0 aliphatic carbocycles. The fourth-order valence-electron chi connectivity index (χ4n) is 1.53. The number of anilines is 1. The number of aryl methyl sites for hydroxylation is 1. The smallest absolute Gasteiger partial charge is 0.264 e. The number of nitrogens with one attached hydrogen (secondary N) is 1. The van der Waals surface area contributed by atoms with Crippen LogP contribution in [0.5, 0.6) is 5.75 Å².